The summed E-state index contributed by atoms with van der Waals surface area (Å²) in [7, 11) is 3.08. The number of nitro groups is 1. The Morgan fingerprint density at radius 1 is 1.45 bits per heavy atom. The molecule has 0 atom stereocenters. The largest absolute Gasteiger partial charge is 0.494 e. The Labute approximate surface area is 122 Å². The van der Waals surface area contributed by atoms with E-state index in [4.69, 9.17) is 21.7 Å². The number of hydrogen-bond donors (Lipinski definition) is 2. The lowest BCUT2D eigenvalue weighted by molar-refractivity contribution is -0.384. The molecule has 0 fully saturated rings. The van der Waals surface area contributed by atoms with Gasteiger partial charge in [-0.1, -0.05) is 0 Å². The molecule has 0 aromatic heterocycles. The zero-order valence-electron chi connectivity index (χ0n) is 11.3. The molecular formula is C12H17N3O4S. The van der Waals surface area contributed by atoms with Crippen LogP contribution in [-0.2, 0) is 4.74 Å². The summed E-state index contributed by atoms with van der Waals surface area (Å²) in [6, 6.07) is 4.29. The minimum absolute atomic E-state index is 0.0358. The maximum atomic E-state index is 10.7. The quantitative estimate of drug-likeness (QED) is 0.344. The summed E-state index contributed by atoms with van der Waals surface area (Å²) >= 11 is 5.13. The van der Waals surface area contributed by atoms with Crippen LogP contribution in [0, 0.1) is 10.1 Å². The molecule has 0 aliphatic carbocycles. The number of nitrogens with one attached hydrogen (secondary N) is 2. The molecule has 0 heterocycles. The number of anilines is 1. The summed E-state index contributed by atoms with van der Waals surface area (Å²) in [5.74, 6) is 0.361. The zero-order chi connectivity index (χ0) is 15.0. The average molecular weight is 299 g/mol. The van der Waals surface area contributed by atoms with Crippen LogP contribution in [0.25, 0.3) is 0 Å². The van der Waals surface area contributed by atoms with Crippen molar-refractivity contribution in [2.24, 2.45) is 0 Å². The predicted molar refractivity (Wildman–Crippen MR) is 80.4 cm³/mol. The monoisotopic (exact) mass is 299 g/mol. The van der Waals surface area contributed by atoms with E-state index in [1.807, 2.05) is 0 Å². The van der Waals surface area contributed by atoms with Crippen LogP contribution >= 0.6 is 12.2 Å². The molecule has 0 saturated heterocycles. The first-order chi connectivity index (χ1) is 9.58. The lowest BCUT2D eigenvalue weighted by Gasteiger charge is -2.13. The molecule has 8 heteroatoms. The molecule has 0 unspecified atom stereocenters. The van der Waals surface area contributed by atoms with Crippen LogP contribution in [0.15, 0.2) is 18.2 Å². The third-order valence-electron chi connectivity index (χ3n) is 2.45. The fraction of sp³-hybridized carbons (Fsp3) is 0.417. The standard InChI is InChI=1S/C12H17N3O4S/c1-18-7-3-6-13-12(20)14-10-5-4-9(15(16)17)8-11(10)19-2/h4-5,8H,3,6-7H2,1-2H3,(H2,13,14,20). The van der Waals surface area contributed by atoms with Gasteiger partial charge in [0.1, 0.15) is 5.75 Å². The second-order valence-corrected chi connectivity index (χ2v) is 4.28. The number of hydrogen-bond acceptors (Lipinski definition) is 5. The van der Waals surface area contributed by atoms with E-state index < -0.39 is 4.92 Å². The van der Waals surface area contributed by atoms with Gasteiger partial charge in [-0.3, -0.25) is 10.1 Å². The van der Waals surface area contributed by atoms with Crippen LogP contribution in [0.1, 0.15) is 6.42 Å². The van der Waals surface area contributed by atoms with Gasteiger partial charge in [-0.05, 0) is 24.7 Å². The summed E-state index contributed by atoms with van der Waals surface area (Å²) < 4.78 is 10.0. The molecule has 20 heavy (non-hydrogen) atoms. The van der Waals surface area contributed by atoms with Crippen molar-refractivity contribution in [3.8, 4) is 5.75 Å². The van der Waals surface area contributed by atoms with Crippen LogP contribution in [0.2, 0.25) is 0 Å². The Balaban J connectivity index is 2.62. The van der Waals surface area contributed by atoms with E-state index in [1.165, 1.54) is 19.2 Å². The minimum Gasteiger partial charge on any atom is -0.494 e. The Morgan fingerprint density at radius 2 is 2.20 bits per heavy atom. The molecular weight excluding hydrogens is 282 g/mol. The van der Waals surface area contributed by atoms with E-state index in [-0.39, 0.29) is 5.69 Å². The smallest absolute Gasteiger partial charge is 0.273 e. The van der Waals surface area contributed by atoms with Gasteiger partial charge in [-0.15, -0.1) is 0 Å². The second kappa shape index (κ2) is 8.28. The summed E-state index contributed by atoms with van der Waals surface area (Å²) in [5, 5.41) is 17.1. The molecule has 0 amide bonds. The van der Waals surface area contributed by atoms with Crippen LogP contribution < -0.4 is 15.4 Å². The average Bonchev–Trinajstić information content (AvgIpc) is 2.43. The van der Waals surface area contributed by atoms with E-state index >= 15 is 0 Å². The van der Waals surface area contributed by atoms with Gasteiger partial charge in [-0.2, -0.15) is 0 Å². The van der Waals surface area contributed by atoms with Crippen molar-refractivity contribution in [1.29, 1.82) is 0 Å². The highest BCUT2D eigenvalue weighted by atomic mass is 32.1. The first-order valence-electron chi connectivity index (χ1n) is 5.94. The van der Waals surface area contributed by atoms with Gasteiger partial charge in [0, 0.05) is 26.3 Å². The van der Waals surface area contributed by atoms with Gasteiger partial charge in [0.15, 0.2) is 5.11 Å². The number of ether oxygens (including phenoxy) is 2. The lowest BCUT2D eigenvalue weighted by atomic mass is 10.2. The molecule has 7 nitrogen and oxygen atoms in total. The lowest BCUT2D eigenvalue weighted by Crippen LogP contribution is -2.29. The van der Waals surface area contributed by atoms with Gasteiger partial charge >= 0.3 is 0 Å². The van der Waals surface area contributed by atoms with Crippen molar-refractivity contribution in [2.45, 2.75) is 6.42 Å². The van der Waals surface area contributed by atoms with Crippen molar-refractivity contribution in [3.63, 3.8) is 0 Å². The van der Waals surface area contributed by atoms with E-state index in [0.29, 0.717) is 29.7 Å². The molecule has 110 valence electrons. The van der Waals surface area contributed by atoms with E-state index in [1.54, 1.807) is 13.2 Å². The topological polar surface area (TPSA) is 85.7 Å². The van der Waals surface area contributed by atoms with Crippen molar-refractivity contribution in [3.05, 3.63) is 28.3 Å². The number of nitro benzene ring substituents is 1. The van der Waals surface area contributed by atoms with Gasteiger partial charge in [-0.25, -0.2) is 0 Å². The highest BCUT2D eigenvalue weighted by Crippen LogP contribution is 2.28. The summed E-state index contributed by atoms with van der Waals surface area (Å²) in [4.78, 5) is 10.2. The van der Waals surface area contributed by atoms with Gasteiger partial charge in [0.25, 0.3) is 5.69 Å². The number of methoxy groups -OCH3 is 2. The SMILES string of the molecule is COCCCNC(=S)Nc1ccc([N+](=O)[O-])cc1OC. The molecule has 0 saturated carbocycles. The molecule has 2 N–H and O–H groups in total. The molecule has 0 bridgehead atoms. The van der Waals surface area contributed by atoms with Crippen LogP contribution in [0.4, 0.5) is 11.4 Å². The number of rotatable bonds is 7. The normalized spacial score (nSPS) is 9.90. The highest BCUT2D eigenvalue weighted by Gasteiger charge is 2.11. The van der Waals surface area contributed by atoms with Crippen molar-refractivity contribution in [1.82, 2.24) is 5.32 Å². The highest BCUT2D eigenvalue weighted by molar-refractivity contribution is 7.80. The van der Waals surface area contributed by atoms with Crippen molar-refractivity contribution >= 4 is 28.7 Å². The van der Waals surface area contributed by atoms with E-state index in [2.05, 4.69) is 10.6 Å². The third-order valence-corrected chi connectivity index (χ3v) is 2.70. The zero-order valence-corrected chi connectivity index (χ0v) is 12.2. The van der Waals surface area contributed by atoms with Gasteiger partial charge in [0.05, 0.1) is 23.8 Å². The fourth-order valence-electron chi connectivity index (χ4n) is 1.48. The van der Waals surface area contributed by atoms with Crippen LogP contribution in [-0.4, -0.2) is 37.4 Å². The maximum Gasteiger partial charge on any atom is 0.273 e. The van der Waals surface area contributed by atoms with E-state index in [9.17, 15) is 10.1 Å². The maximum absolute atomic E-state index is 10.7. The molecule has 1 rings (SSSR count). The minimum atomic E-state index is -0.479. The molecule has 0 aliphatic rings. The van der Waals surface area contributed by atoms with Crippen LogP contribution in [0.3, 0.4) is 0 Å². The number of non-ortho nitro benzene ring substituents is 1. The summed E-state index contributed by atoms with van der Waals surface area (Å²) in [5.41, 5.74) is 0.536. The molecule has 0 radical (unpaired) electrons. The summed E-state index contributed by atoms with van der Waals surface area (Å²) in [6.45, 7) is 1.32. The third kappa shape index (κ3) is 4.98. The second-order valence-electron chi connectivity index (χ2n) is 3.87. The molecule has 1 aromatic carbocycles. The Hall–Kier alpha value is -1.93. The number of thiocarbonyl (C=S) groups is 1. The molecule has 0 aliphatic heterocycles. The van der Waals surface area contributed by atoms with Gasteiger partial charge < -0.3 is 20.1 Å². The van der Waals surface area contributed by atoms with Crippen LogP contribution in [0.5, 0.6) is 5.75 Å². The number of benzene rings is 1. The summed E-state index contributed by atoms with van der Waals surface area (Å²) in [6.07, 6.45) is 0.829. The van der Waals surface area contributed by atoms with Crippen molar-refractivity contribution in [2.75, 3.05) is 32.7 Å². The molecule has 1 aromatic rings. The van der Waals surface area contributed by atoms with Crippen molar-refractivity contribution < 1.29 is 14.4 Å². The first kappa shape index (κ1) is 16.1. The fourth-order valence-corrected chi connectivity index (χ4v) is 1.69. The first-order valence-corrected chi connectivity index (χ1v) is 6.35. The Morgan fingerprint density at radius 3 is 2.80 bits per heavy atom. The van der Waals surface area contributed by atoms with Gasteiger partial charge in [0.2, 0.25) is 0 Å². The Kier molecular flexibility index (Phi) is 6.68. The predicted octanol–water partition coefficient (Wildman–Crippen LogP) is 1.93. The molecule has 0 spiro atoms. The van der Waals surface area contributed by atoms with E-state index in [0.717, 1.165) is 6.42 Å². The Bertz CT molecular complexity index is 482. The number of nitrogens with zero attached hydrogens (tertiary/aromatic N) is 1.